The molecule has 1 aliphatic carbocycles. The van der Waals surface area contributed by atoms with Crippen LogP contribution in [0.2, 0.25) is 0 Å². The third kappa shape index (κ3) is 3.84. The van der Waals surface area contributed by atoms with Gasteiger partial charge in [0.15, 0.2) is 0 Å². The highest BCUT2D eigenvalue weighted by atomic mass is 15.0. The first kappa shape index (κ1) is 26.9. The average molecular weight is 611 g/mol. The monoisotopic (exact) mass is 610 g/mol. The third-order valence-corrected chi connectivity index (χ3v) is 10.1. The van der Waals surface area contributed by atoms with Gasteiger partial charge in [0, 0.05) is 11.8 Å². The molecule has 0 atom stereocenters. The SMILES string of the molecule is Cc1nc2ccccn2c1-c1ccc(-c2ccc3c4c(cccc24)-c2c-3c(-c3ccccc3)c3ccccc3c2-c2ccccc2)cc1. The van der Waals surface area contributed by atoms with Crippen molar-refractivity contribution in [1.29, 1.82) is 0 Å². The third-order valence-electron chi connectivity index (χ3n) is 10.1. The summed E-state index contributed by atoms with van der Waals surface area (Å²) in [5.74, 6) is 0. The number of hydrogen-bond acceptors (Lipinski definition) is 1. The molecule has 0 spiro atoms. The van der Waals surface area contributed by atoms with Crippen molar-refractivity contribution >= 4 is 27.2 Å². The first-order valence-corrected chi connectivity index (χ1v) is 16.6. The molecule has 0 radical (unpaired) electrons. The number of rotatable bonds is 4. The molecule has 0 unspecified atom stereocenters. The number of nitrogens with zero attached hydrogens (tertiary/aromatic N) is 2. The maximum Gasteiger partial charge on any atom is 0.137 e. The predicted molar refractivity (Wildman–Crippen MR) is 201 cm³/mol. The zero-order valence-electron chi connectivity index (χ0n) is 26.5. The average Bonchev–Trinajstić information content (AvgIpc) is 3.66. The Kier molecular flexibility index (Phi) is 5.82. The van der Waals surface area contributed by atoms with Crippen molar-refractivity contribution < 1.29 is 0 Å². The standard InChI is InChI=1S/C46H30N2/c1-29-46(48-28-11-10-21-40(48)47-29)33-24-22-30(23-25-33)34-26-27-39-43-35(34)19-12-20-38(43)44-41(31-13-4-2-5-14-31)36-17-8-9-18-37(36)42(45(39)44)32-15-6-3-7-16-32/h2-28H,1H3. The molecule has 2 nitrogen and oxygen atoms in total. The number of aromatic nitrogens is 2. The van der Waals surface area contributed by atoms with Gasteiger partial charge in [-0.1, -0.05) is 146 Å². The molecular weight excluding hydrogens is 581 g/mol. The first-order chi connectivity index (χ1) is 23.8. The zero-order chi connectivity index (χ0) is 31.8. The molecule has 0 aliphatic heterocycles. The topological polar surface area (TPSA) is 17.3 Å². The van der Waals surface area contributed by atoms with Gasteiger partial charge in [-0.15, -0.1) is 0 Å². The van der Waals surface area contributed by atoms with Gasteiger partial charge in [0.2, 0.25) is 0 Å². The minimum atomic E-state index is 0.971. The van der Waals surface area contributed by atoms with E-state index in [1.165, 1.54) is 82.7 Å². The molecule has 0 fully saturated rings. The largest absolute Gasteiger partial charge is 0.299 e. The van der Waals surface area contributed by atoms with Crippen LogP contribution in [0, 0.1) is 6.92 Å². The summed E-state index contributed by atoms with van der Waals surface area (Å²) in [5, 5.41) is 5.17. The highest BCUT2D eigenvalue weighted by Crippen LogP contribution is 2.58. The van der Waals surface area contributed by atoms with Gasteiger partial charge in [0.25, 0.3) is 0 Å². The van der Waals surface area contributed by atoms with E-state index in [1.54, 1.807) is 0 Å². The molecule has 1 aliphatic rings. The van der Waals surface area contributed by atoms with E-state index in [9.17, 15) is 0 Å². The molecule has 0 saturated heterocycles. The highest BCUT2D eigenvalue weighted by Gasteiger charge is 2.31. The summed E-state index contributed by atoms with van der Waals surface area (Å²) in [6.07, 6.45) is 2.09. The minimum absolute atomic E-state index is 0.971. The fourth-order valence-corrected chi connectivity index (χ4v) is 8.13. The molecule has 0 amide bonds. The number of aryl methyl sites for hydroxylation is 1. The van der Waals surface area contributed by atoms with E-state index in [2.05, 4.69) is 169 Å². The van der Waals surface area contributed by atoms with E-state index in [0.29, 0.717) is 0 Å². The Morgan fingerprint density at radius 2 is 0.938 bits per heavy atom. The lowest BCUT2D eigenvalue weighted by atomic mass is 9.82. The number of hydrogen-bond donors (Lipinski definition) is 0. The Morgan fingerprint density at radius 1 is 0.396 bits per heavy atom. The fourth-order valence-electron chi connectivity index (χ4n) is 8.13. The Balaban J connectivity index is 1.23. The van der Waals surface area contributed by atoms with Crippen LogP contribution in [-0.2, 0) is 0 Å². The number of benzene rings is 7. The smallest absolute Gasteiger partial charge is 0.137 e. The normalized spacial score (nSPS) is 11.9. The van der Waals surface area contributed by atoms with Gasteiger partial charge in [0.1, 0.15) is 5.65 Å². The molecular formula is C46H30N2. The van der Waals surface area contributed by atoms with E-state index in [-0.39, 0.29) is 0 Å². The molecule has 9 aromatic rings. The fraction of sp³-hybridized carbons (Fsp3) is 0.0217. The number of imidazole rings is 1. The van der Waals surface area contributed by atoms with E-state index in [0.717, 1.165) is 17.0 Å². The van der Waals surface area contributed by atoms with Crippen molar-refractivity contribution in [1.82, 2.24) is 9.38 Å². The lowest BCUT2D eigenvalue weighted by molar-refractivity contribution is 1.19. The molecule has 10 rings (SSSR count). The van der Waals surface area contributed by atoms with Crippen LogP contribution in [0.3, 0.4) is 0 Å². The van der Waals surface area contributed by atoms with E-state index < -0.39 is 0 Å². The summed E-state index contributed by atoms with van der Waals surface area (Å²) < 4.78 is 2.18. The van der Waals surface area contributed by atoms with Gasteiger partial charge in [-0.05, 0) is 96.2 Å². The first-order valence-electron chi connectivity index (χ1n) is 16.6. The van der Waals surface area contributed by atoms with Crippen LogP contribution in [0.25, 0.3) is 94.1 Å². The second kappa shape index (κ2) is 10.4. The highest BCUT2D eigenvalue weighted by molar-refractivity contribution is 6.28. The molecule has 0 saturated carbocycles. The molecule has 2 heteroatoms. The number of fused-ring (bicyclic) bond motifs is 5. The van der Waals surface area contributed by atoms with Crippen LogP contribution in [0.1, 0.15) is 5.69 Å². The Bertz CT molecular complexity index is 2610. The summed E-state index contributed by atoms with van der Waals surface area (Å²) in [4.78, 5) is 4.80. The second-order valence-electron chi connectivity index (χ2n) is 12.7. The number of pyridine rings is 1. The van der Waals surface area contributed by atoms with Crippen LogP contribution in [0.4, 0.5) is 0 Å². The van der Waals surface area contributed by atoms with Crippen molar-refractivity contribution in [2.45, 2.75) is 6.92 Å². The van der Waals surface area contributed by atoms with Crippen molar-refractivity contribution in [3.8, 4) is 66.9 Å². The van der Waals surface area contributed by atoms with Gasteiger partial charge in [0.05, 0.1) is 11.4 Å². The van der Waals surface area contributed by atoms with Gasteiger partial charge in [-0.2, -0.15) is 0 Å². The zero-order valence-corrected chi connectivity index (χ0v) is 26.5. The summed E-state index contributed by atoms with van der Waals surface area (Å²) >= 11 is 0. The van der Waals surface area contributed by atoms with Gasteiger partial charge >= 0.3 is 0 Å². The van der Waals surface area contributed by atoms with Crippen LogP contribution in [-0.4, -0.2) is 9.38 Å². The quantitative estimate of drug-likeness (QED) is 0.194. The maximum atomic E-state index is 4.80. The Morgan fingerprint density at radius 3 is 1.60 bits per heavy atom. The van der Waals surface area contributed by atoms with Crippen molar-refractivity contribution in [3.05, 3.63) is 170 Å². The van der Waals surface area contributed by atoms with E-state index in [1.807, 2.05) is 6.07 Å². The molecule has 0 N–H and O–H groups in total. The van der Waals surface area contributed by atoms with Crippen LogP contribution < -0.4 is 0 Å². The van der Waals surface area contributed by atoms with Gasteiger partial charge in [-0.25, -0.2) is 4.98 Å². The summed E-state index contributed by atoms with van der Waals surface area (Å²) in [6, 6.07) is 57.5. The molecule has 2 aromatic heterocycles. The lowest BCUT2D eigenvalue weighted by Gasteiger charge is -2.20. The van der Waals surface area contributed by atoms with Crippen LogP contribution in [0.5, 0.6) is 0 Å². The molecule has 48 heavy (non-hydrogen) atoms. The van der Waals surface area contributed by atoms with E-state index in [4.69, 9.17) is 4.98 Å². The lowest BCUT2D eigenvalue weighted by Crippen LogP contribution is -1.93. The van der Waals surface area contributed by atoms with Gasteiger partial charge in [-0.3, -0.25) is 4.40 Å². The van der Waals surface area contributed by atoms with Crippen molar-refractivity contribution in [2.24, 2.45) is 0 Å². The van der Waals surface area contributed by atoms with Crippen LogP contribution >= 0.6 is 0 Å². The summed E-state index contributed by atoms with van der Waals surface area (Å²) in [7, 11) is 0. The molecule has 0 bridgehead atoms. The second-order valence-corrected chi connectivity index (χ2v) is 12.7. The summed E-state index contributed by atoms with van der Waals surface area (Å²) in [6.45, 7) is 2.09. The molecule has 224 valence electrons. The van der Waals surface area contributed by atoms with Crippen molar-refractivity contribution in [2.75, 3.05) is 0 Å². The van der Waals surface area contributed by atoms with Gasteiger partial charge < -0.3 is 0 Å². The summed E-state index contributed by atoms with van der Waals surface area (Å²) in [5.41, 5.74) is 17.1. The minimum Gasteiger partial charge on any atom is -0.299 e. The van der Waals surface area contributed by atoms with E-state index >= 15 is 0 Å². The maximum absolute atomic E-state index is 4.80. The van der Waals surface area contributed by atoms with Crippen molar-refractivity contribution in [3.63, 3.8) is 0 Å². The Labute approximate surface area is 279 Å². The Hall–Kier alpha value is -6.25. The molecule has 2 heterocycles. The predicted octanol–water partition coefficient (Wildman–Crippen LogP) is 12.3. The molecule has 7 aromatic carbocycles. The van der Waals surface area contributed by atoms with Crippen LogP contribution in [0.15, 0.2) is 164 Å².